The quantitative estimate of drug-likeness (QED) is 0.688. The highest BCUT2D eigenvalue weighted by molar-refractivity contribution is 5.80. The van der Waals surface area contributed by atoms with Crippen LogP contribution in [0.25, 0.3) is 22.4 Å². The van der Waals surface area contributed by atoms with Gasteiger partial charge in [0, 0.05) is 25.2 Å². The fourth-order valence-electron chi connectivity index (χ4n) is 3.90. The molecule has 6 nitrogen and oxygen atoms in total. The molecular formula is C21H24F3N5O. The predicted molar refractivity (Wildman–Crippen MR) is 110 cm³/mol. The maximum atomic E-state index is 13.0. The van der Waals surface area contributed by atoms with E-state index in [1.54, 1.807) is 6.07 Å². The number of fused-ring (bicyclic) bond motifs is 1. The molecule has 1 aliphatic rings. The third kappa shape index (κ3) is 3.94. The second kappa shape index (κ2) is 7.79. The number of pyridine rings is 1. The number of nitrogens with one attached hydrogen (secondary N) is 1. The molecule has 160 valence electrons. The van der Waals surface area contributed by atoms with Crippen LogP contribution in [0.5, 0.6) is 5.75 Å². The van der Waals surface area contributed by atoms with Crippen molar-refractivity contribution in [3.63, 3.8) is 0 Å². The molecule has 1 saturated heterocycles. The van der Waals surface area contributed by atoms with Crippen molar-refractivity contribution in [1.82, 2.24) is 19.4 Å². The normalized spacial score (nSPS) is 18.0. The lowest BCUT2D eigenvalue weighted by Crippen LogP contribution is -2.40. The molecule has 1 fully saturated rings. The lowest BCUT2D eigenvalue weighted by molar-refractivity contribution is -0.137. The number of nitrogens with zero attached hydrogens (tertiary/aromatic N) is 4. The van der Waals surface area contributed by atoms with Gasteiger partial charge in [0.05, 0.1) is 23.9 Å². The number of aryl methyl sites for hydroxylation is 1. The largest absolute Gasteiger partial charge is 0.496 e. The first-order valence-corrected chi connectivity index (χ1v) is 9.80. The van der Waals surface area contributed by atoms with Crippen molar-refractivity contribution in [1.29, 1.82) is 0 Å². The number of hydrogen-bond donors (Lipinski definition) is 1. The molecule has 0 aliphatic carbocycles. The number of alkyl halides is 3. The topological polar surface area (TPSA) is 55.2 Å². The van der Waals surface area contributed by atoms with E-state index >= 15 is 0 Å². The Kier molecular flexibility index (Phi) is 5.31. The Balaban J connectivity index is 1.67. The fraction of sp³-hybridized carbons (Fsp3) is 0.429. The van der Waals surface area contributed by atoms with Crippen LogP contribution in [-0.4, -0.2) is 52.7 Å². The number of piperidine rings is 1. The highest BCUT2D eigenvalue weighted by atomic mass is 19.4. The predicted octanol–water partition coefficient (Wildman–Crippen LogP) is 4.17. The third-order valence-corrected chi connectivity index (χ3v) is 5.51. The van der Waals surface area contributed by atoms with Gasteiger partial charge in [-0.1, -0.05) is 0 Å². The summed E-state index contributed by atoms with van der Waals surface area (Å²) in [7, 11) is 5.37. The van der Waals surface area contributed by atoms with Crippen molar-refractivity contribution >= 4 is 17.1 Å². The summed E-state index contributed by atoms with van der Waals surface area (Å²) in [4.78, 5) is 11.5. The van der Waals surface area contributed by atoms with Gasteiger partial charge in [-0.05, 0) is 56.8 Å². The summed E-state index contributed by atoms with van der Waals surface area (Å²) in [6.45, 7) is 2.05. The number of anilines is 1. The zero-order valence-corrected chi connectivity index (χ0v) is 17.1. The Morgan fingerprint density at radius 1 is 1.13 bits per heavy atom. The molecule has 2 aromatic heterocycles. The minimum atomic E-state index is -4.43. The van der Waals surface area contributed by atoms with Gasteiger partial charge in [0.2, 0.25) is 5.95 Å². The summed E-state index contributed by atoms with van der Waals surface area (Å²) in [5.74, 6) is 0.852. The standard InChI is InChI=1S/C21H24F3N5O/c1-28-10-4-5-14(12-28)25-20-27-19-17(29(20)2)9-8-16(26-19)15-7-6-13(21(22,23)24)11-18(15)30-3/h6-9,11,14H,4-5,10,12H2,1-3H3,(H,25,26,27)/t14-/m1/s1. The number of hydrogen-bond acceptors (Lipinski definition) is 5. The molecule has 3 aromatic rings. The number of likely N-dealkylation sites (N-methyl/N-ethyl adjacent to an activating group) is 1. The van der Waals surface area contributed by atoms with Crippen LogP contribution in [-0.2, 0) is 13.2 Å². The summed E-state index contributed by atoms with van der Waals surface area (Å²) in [6.07, 6.45) is -2.22. The molecule has 0 spiro atoms. The van der Waals surface area contributed by atoms with Crippen LogP contribution in [0.15, 0.2) is 30.3 Å². The van der Waals surface area contributed by atoms with Crippen LogP contribution in [0.1, 0.15) is 18.4 Å². The molecule has 0 radical (unpaired) electrons. The molecule has 3 heterocycles. The first-order valence-electron chi connectivity index (χ1n) is 9.80. The van der Waals surface area contributed by atoms with Gasteiger partial charge < -0.3 is 19.5 Å². The minimum Gasteiger partial charge on any atom is -0.496 e. The molecule has 1 aliphatic heterocycles. The van der Waals surface area contributed by atoms with Crippen molar-refractivity contribution < 1.29 is 17.9 Å². The second-order valence-corrected chi connectivity index (χ2v) is 7.69. The molecular weight excluding hydrogens is 395 g/mol. The number of ether oxygens (including phenoxy) is 1. The van der Waals surface area contributed by atoms with Crippen LogP contribution >= 0.6 is 0 Å². The van der Waals surface area contributed by atoms with Crippen molar-refractivity contribution in [2.75, 3.05) is 32.6 Å². The van der Waals surface area contributed by atoms with E-state index in [1.807, 2.05) is 17.7 Å². The molecule has 4 rings (SSSR count). The average Bonchev–Trinajstić information content (AvgIpc) is 3.01. The van der Waals surface area contributed by atoms with Crippen LogP contribution in [0.4, 0.5) is 19.1 Å². The van der Waals surface area contributed by atoms with E-state index in [9.17, 15) is 13.2 Å². The van der Waals surface area contributed by atoms with E-state index in [4.69, 9.17) is 4.74 Å². The molecule has 0 bridgehead atoms. The Bertz CT molecular complexity index is 1060. The summed E-state index contributed by atoms with van der Waals surface area (Å²) in [5.41, 5.74) is 1.61. The van der Waals surface area contributed by atoms with Crippen molar-refractivity contribution in [2.45, 2.75) is 25.1 Å². The van der Waals surface area contributed by atoms with Gasteiger partial charge in [0.1, 0.15) is 5.75 Å². The number of methoxy groups -OCH3 is 1. The average molecular weight is 419 g/mol. The van der Waals surface area contributed by atoms with Crippen molar-refractivity contribution in [2.24, 2.45) is 7.05 Å². The zero-order valence-electron chi connectivity index (χ0n) is 17.1. The van der Waals surface area contributed by atoms with Crippen LogP contribution < -0.4 is 10.1 Å². The molecule has 1 aromatic carbocycles. The number of rotatable bonds is 4. The Morgan fingerprint density at radius 2 is 1.93 bits per heavy atom. The van der Waals surface area contributed by atoms with Gasteiger partial charge in [-0.3, -0.25) is 0 Å². The molecule has 0 amide bonds. The van der Waals surface area contributed by atoms with Crippen LogP contribution in [0.3, 0.4) is 0 Å². The summed E-state index contributed by atoms with van der Waals surface area (Å²) >= 11 is 0. The van der Waals surface area contributed by atoms with Gasteiger partial charge in [-0.2, -0.15) is 18.2 Å². The Hall–Kier alpha value is -2.81. The van der Waals surface area contributed by atoms with Crippen molar-refractivity contribution in [3.8, 4) is 17.0 Å². The van der Waals surface area contributed by atoms with E-state index in [2.05, 4.69) is 27.2 Å². The SMILES string of the molecule is COc1cc(C(F)(F)F)ccc1-c1ccc2c(n1)nc(N[C@@H]1CCCN(C)C1)n2C. The van der Waals surface area contributed by atoms with Gasteiger partial charge >= 0.3 is 6.18 Å². The van der Waals surface area contributed by atoms with Crippen LogP contribution in [0, 0.1) is 0 Å². The van der Waals surface area contributed by atoms with E-state index in [1.165, 1.54) is 13.2 Å². The fourth-order valence-corrected chi connectivity index (χ4v) is 3.90. The lowest BCUT2D eigenvalue weighted by Gasteiger charge is -2.30. The second-order valence-electron chi connectivity index (χ2n) is 7.69. The number of imidazole rings is 1. The van der Waals surface area contributed by atoms with Gasteiger partial charge in [-0.25, -0.2) is 4.98 Å². The Labute approximate surface area is 172 Å². The van der Waals surface area contributed by atoms with Crippen molar-refractivity contribution in [3.05, 3.63) is 35.9 Å². The maximum absolute atomic E-state index is 13.0. The maximum Gasteiger partial charge on any atom is 0.416 e. The number of benzene rings is 1. The van der Waals surface area contributed by atoms with Gasteiger partial charge in [-0.15, -0.1) is 0 Å². The first-order chi connectivity index (χ1) is 14.3. The smallest absolute Gasteiger partial charge is 0.416 e. The minimum absolute atomic E-state index is 0.121. The summed E-state index contributed by atoms with van der Waals surface area (Å²) in [6, 6.07) is 7.37. The van der Waals surface area contributed by atoms with Crippen LogP contribution in [0.2, 0.25) is 0 Å². The highest BCUT2D eigenvalue weighted by Crippen LogP contribution is 2.37. The highest BCUT2D eigenvalue weighted by Gasteiger charge is 2.31. The molecule has 9 heteroatoms. The summed E-state index contributed by atoms with van der Waals surface area (Å²) < 4.78 is 46.2. The number of halogens is 3. The van der Waals surface area contributed by atoms with Gasteiger partial charge in [0.15, 0.2) is 5.65 Å². The first kappa shape index (κ1) is 20.5. The molecule has 0 unspecified atom stereocenters. The monoisotopic (exact) mass is 419 g/mol. The van der Waals surface area contributed by atoms with E-state index < -0.39 is 11.7 Å². The Morgan fingerprint density at radius 3 is 2.63 bits per heavy atom. The van der Waals surface area contributed by atoms with E-state index in [-0.39, 0.29) is 5.75 Å². The number of aromatic nitrogens is 3. The molecule has 1 atom stereocenters. The molecule has 0 saturated carbocycles. The number of likely N-dealkylation sites (tertiary alicyclic amines) is 1. The zero-order chi connectivity index (χ0) is 21.5. The van der Waals surface area contributed by atoms with Gasteiger partial charge in [0.25, 0.3) is 0 Å². The molecule has 1 N–H and O–H groups in total. The lowest BCUT2D eigenvalue weighted by atomic mass is 10.1. The van der Waals surface area contributed by atoms with E-state index in [0.717, 1.165) is 49.5 Å². The van der Waals surface area contributed by atoms with E-state index in [0.29, 0.717) is 22.9 Å². The molecule has 30 heavy (non-hydrogen) atoms. The summed E-state index contributed by atoms with van der Waals surface area (Å²) in [5, 5.41) is 3.50. The third-order valence-electron chi connectivity index (χ3n) is 5.51.